The summed E-state index contributed by atoms with van der Waals surface area (Å²) in [6.45, 7) is 8.99. The molecule has 1 aromatic carbocycles. The van der Waals surface area contributed by atoms with E-state index in [9.17, 15) is 0 Å². The summed E-state index contributed by atoms with van der Waals surface area (Å²) in [7, 11) is 0. The molecule has 0 N–H and O–H groups in total. The second-order valence-electron chi connectivity index (χ2n) is 4.74. The Kier molecular flexibility index (Phi) is 5.14. The monoisotopic (exact) mass is 234 g/mol. The maximum absolute atomic E-state index is 4.24. The first-order valence-electron chi connectivity index (χ1n) is 5.98. The Hall–Kier alpha value is -0.690. The van der Waals surface area contributed by atoms with Gasteiger partial charge in [-0.15, -0.1) is 0 Å². The molecule has 1 rings (SSSR count). The van der Waals surface area contributed by atoms with Gasteiger partial charge in [0.2, 0.25) is 0 Å². The molecule has 0 amide bonds. The van der Waals surface area contributed by atoms with E-state index in [2.05, 4.69) is 70.7 Å². The summed E-state index contributed by atoms with van der Waals surface area (Å²) in [4.78, 5) is 0. The standard InChI is InChI=1S/C15H22S/c1-11(2)13-7-5-8-14(12(3)4)15(13)9-6-10-16/h5-9,11-12,16H,10H2,1-4H3. The molecular formula is C15H22S. The van der Waals surface area contributed by atoms with E-state index in [1.807, 2.05) is 0 Å². The van der Waals surface area contributed by atoms with Crippen LogP contribution in [0, 0.1) is 0 Å². The number of rotatable bonds is 4. The summed E-state index contributed by atoms with van der Waals surface area (Å²) in [5.74, 6) is 1.93. The zero-order valence-corrected chi connectivity index (χ0v) is 11.6. The third-order valence-electron chi connectivity index (χ3n) is 2.81. The van der Waals surface area contributed by atoms with Crippen LogP contribution >= 0.6 is 12.6 Å². The van der Waals surface area contributed by atoms with Gasteiger partial charge in [0.05, 0.1) is 0 Å². The number of hydrogen-bond donors (Lipinski definition) is 1. The molecule has 0 aliphatic rings. The molecule has 0 aromatic heterocycles. The lowest BCUT2D eigenvalue weighted by Crippen LogP contribution is -1.99. The highest BCUT2D eigenvalue weighted by molar-refractivity contribution is 7.80. The Morgan fingerprint density at radius 1 is 1.06 bits per heavy atom. The van der Waals surface area contributed by atoms with E-state index in [4.69, 9.17) is 0 Å². The Morgan fingerprint density at radius 2 is 1.56 bits per heavy atom. The van der Waals surface area contributed by atoms with Crippen molar-refractivity contribution in [3.05, 3.63) is 41.0 Å². The molecule has 16 heavy (non-hydrogen) atoms. The quantitative estimate of drug-likeness (QED) is 0.705. The van der Waals surface area contributed by atoms with Crippen LogP contribution in [0.2, 0.25) is 0 Å². The molecule has 0 aliphatic heterocycles. The van der Waals surface area contributed by atoms with E-state index in [0.717, 1.165) is 5.75 Å². The Balaban J connectivity index is 3.29. The normalized spacial score (nSPS) is 11.9. The fourth-order valence-corrected chi connectivity index (χ4v) is 2.08. The lowest BCUT2D eigenvalue weighted by molar-refractivity contribution is 0.829. The van der Waals surface area contributed by atoms with Crippen molar-refractivity contribution in [3.63, 3.8) is 0 Å². The van der Waals surface area contributed by atoms with E-state index in [-0.39, 0.29) is 0 Å². The van der Waals surface area contributed by atoms with Gasteiger partial charge >= 0.3 is 0 Å². The van der Waals surface area contributed by atoms with Crippen LogP contribution in [-0.4, -0.2) is 5.75 Å². The van der Waals surface area contributed by atoms with E-state index in [0.29, 0.717) is 11.8 Å². The molecule has 0 heterocycles. The minimum Gasteiger partial charge on any atom is -0.175 e. The van der Waals surface area contributed by atoms with Crippen LogP contribution in [0.15, 0.2) is 24.3 Å². The molecule has 88 valence electrons. The van der Waals surface area contributed by atoms with Crippen LogP contribution in [0.5, 0.6) is 0 Å². The number of hydrogen-bond acceptors (Lipinski definition) is 1. The summed E-state index contributed by atoms with van der Waals surface area (Å²) in [5.41, 5.74) is 4.26. The van der Waals surface area contributed by atoms with Gasteiger partial charge in [-0.1, -0.05) is 58.0 Å². The average molecular weight is 234 g/mol. The van der Waals surface area contributed by atoms with Crippen molar-refractivity contribution in [1.29, 1.82) is 0 Å². The molecule has 0 bridgehead atoms. The highest BCUT2D eigenvalue weighted by Gasteiger charge is 2.10. The van der Waals surface area contributed by atoms with E-state index < -0.39 is 0 Å². The molecule has 0 saturated heterocycles. The minimum atomic E-state index is 0.568. The molecule has 0 aliphatic carbocycles. The molecule has 0 saturated carbocycles. The van der Waals surface area contributed by atoms with Crippen molar-refractivity contribution in [2.75, 3.05) is 5.75 Å². The molecule has 0 unspecified atom stereocenters. The van der Waals surface area contributed by atoms with Gasteiger partial charge in [-0.25, -0.2) is 0 Å². The molecule has 0 spiro atoms. The summed E-state index contributed by atoms with van der Waals surface area (Å²) >= 11 is 4.24. The zero-order chi connectivity index (χ0) is 12.1. The number of thiol groups is 1. The maximum atomic E-state index is 4.24. The topological polar surface area (TPSA) is 0 Å². The molecule has 0 fully saturated rings. The van der Waals surface area contributed by atoms with Gasteiger partial charge in [0.1, 0.15) is 0 Å². The first-order valence-corrected chi connectivity index (χ1v) is 6.61. The molecular weight excluding hydrogens is 212 g/mol. The largest absolute Gasteiger partial charge is 0.175 e. The predicted octanol–water partition coefficient (Wildman–Crippen LogP) is 4.88. The summed E-state index contributed by atoms with van der Waals surface area (Å²) in [6.07, 6.45) is 4.34. The van der Waals surface area contributed by atoms with Crippen LogP contribution in [0.4, 0.5) is 0 Å². The van der Waals surface area contributed by atoms with Crippen molar-refractivity contribution in [2.45, 2.75) is 39.5 Å². The Morgan fingerprint density at radius 3 is 1.94 bits per heavy atom. The molecule has 1 heteroatoms. The summed E-state index contributed by atoms with van der Waals surface area (Å²) in [6, 6.07) is 6.63. The highest BCUT2D eigenvalue weighted by Crippen LogP contribution is 2.28. The fraction of sp³-hybridized carbons (Fsp3) is 0.467. The van der Waals surface area contributed by atoms with E-state index in [1.165, 1.54) is 16.7 Å². The van der Waals surface area contributed by atoms with Crippen LogP contribution in [0.3, 0.4) is 0 Å². The van der Waals surface area contributed by atoms with Crippen molar-refractivity contribution in [1.82, 2.24) is 0 Å². The van der Waals surface area contributed by atoms with Crippen LogP contribution in [0.1, 0.15) is 56.2 Å². The lowest BCUT2D eigenvalue weighted by Gasteiger charge is -2.17. The lowest BCUT2D eigenvalue weighted by atomic mass is 9.88. The average Bonchev–Trinajstić information content (AvgIpc) is 2.25. The summed E-state index contributed by atoms with van der Waals surface area (Å²) in [5, 5.41) is 0. The second kappa shape index (κ2) is 6.15. The third-order valence-corrected chi connectivity index (χ3v) is 3.02. The first-order chi connectivity index (χ1) is 7.57. The predicted molar refractivity (Wildman–Crippen MR) is 77.5 cm³/mol. The SMILES string of the molecule is CC(C)c1cccc(C(C)C)c1C=CCS. The molecule has 1 aromatic rings. The van der Waals surface area contributed by atoms with E-state index in [1.54, 1.807) is 0 Å². The van der Waals surface area contributed by atoms with Crippen LogP contribution < -0.4 is 0 Å². The highest BCUT2D eigenvalue weighted by atomic mass is 32.1. The summed E-state index contributed by atoms with van der Waals surface area (Å²) < 4.78 is 0. The fourth-order valence-electron chi connectivity index (χ4n) is 1.97. The maximum Gasteiger partial charge on any atom is 0.00858 e. The number of benzene rings is 1. The van der Waals surface area contributed by atoms with E-state index >= 15 is 0 Å². The minimum absolute atomic E-state index is 0.568. The second-order valence-corrected chi connectivity index (χ2v) is 5.11. The molecule has 0 atom stereocenters. The zero-order valence-electron chi connectivity index (χ0n) is 10.7. The Labute approximate surface area is 105 Å². The van der Waals surface area contributed by atoms with Gasteiger partial charge < -0.3 is 0 Å². The Bertz CT molecular complexity index is 335. The first kappa shape index (κ1) is 13.4. The van der Waals surface area contributed by atoms with Crippen molar-refractivity contribution in [2.24, 2.45) is 0 Å². The van der Waals surface area contributed by atoms with Gasteiger partial charge in [-0.05, 0) is 28.5 Å². The van der Waals surface area contributed by atoms with Gasteiger partial charge in [-0.2, -0.15) is 12.6 Å². The molecule has 0 nitrogen and oxygen atoms in total. The van der Waals surface area contributed by atoms with Crippen molar-refractivity contribution in [3.8, 4) is 0 Å². The van der Waals surface area contributed by atoms with Crippen molar-refractivity contribution < 1.29 is 0 Å². The van der Waals surface area contributed by atoms with Crippen molar-refractivity contribution >= 4 is 18.7 Å². The molecule has 0 radical (unpaired) electrons. The van der Waals surface area contributed by atoms with Gasteiger partial charge in [-0.3, -0.25) is 0 Å². The smallest absolute Gasteiger partial charge is 0.00858 e. The van der Waals surface area contributed by atoms with Crippen LogP contribution in [-0.2, 0) is 0 Å². The van der Waals surface area contributed by atoms with Gasteiger partial charge in [0.15, 0.2) is 0 Å². The van der Waals surface area contributed by atoms with Crippen LogP contribution in [0.25, 0.3) is 6.08 Å². The third kappa shape index (κ3) is 3.15. The van der Waals surface area contributed by atoms with Gasteiger partial charge in [0, 0.05) is 5.75 Å². The van der Waals surface area contributed by atoms with Gasteiger partial charge in [0.25, 0.3) is 0 Å².